The van der Waals surface area contributed by atoms with Crippen molar-refractivity contribution in [2.45, 2.75) is 81.1 Å². The third-order valence-electron chi connectivity index (χ3n) is 10.7. The molecule has 50 heavy (non-hydrogen) atoms. The molecule has 7 rings (SSSR count). The summed E-state index contributed by atoms with van der Waals surface area (Å²) in [6.45, 7) is 22.4. The molecule has 0 bridgehead atoms. The van der Waals surface area contributed by atoms with E-state index in [4.69, 9.17) is 9.98 Å². The van der Waals surface area contributed by atoms with Crippen molar-refractivity contribution < 1.29 is 0 Å². The summed E-state index contributed by atoms with van der Waals surface area (Å²) in [5.74, 6) is 0.362. The minimum Gasteiger partial charge on any atom is -0.246 e. The van der Waals surface area contributed by atoms with Gasteiger partial charge in [-0.15, -0.1) is 0 Å². The van der Waals surface area contributed by atoms with Crippen LogP contribution in [0, 0.1) is 55.4 Å². The van der Waals surface area contributed by atoms with Crippen molar-refractivity contribution in [3.8, 4) is 0 Å². The molecular formula is C48H48N2. The molecule has 0 saturated heterocycles. The number of benzene rings is 6. The summed E-state index contributed by atoms with van der Waals surface area (Å²) in [6, 6.07) is 35.8. The number of hydrogen-bond acceptors (Lipinski definition) is 2. The lowest BCUT2D eigenvalue weighted by atomic mass is 9.84. The molecule has 0 spiro atoms. The molecule has 2 heteroatoms. The van der Waals surface area contributed by atoms with Gasteiger partial charge in [-0.05, 0) is 117 Å². The zero-order valence-electron chi connectivity index (χ0n) is 31.3. The van der Waals surface area contributed by atoms with Crippen LogP contribution in [0.5, 0.6) is 0 Å². The Morgan fingerprint density at radius 3 is 1.18 bits per heavy atom. The minimum atomic E-state index is 0.181. The average Bonchev–Trinajstić information content (AvgIpc) is 3.34. The summed E-state index contributed by atoms with van der Waals surface area (Å²) in [6.07, 6.45) is 0. The van der Waals surface area contributed by atoms with Gasteiger partial charge >= 0.3 is 0 Å². The first-order chi connectivity index (χ1) is 23.9. The lowest BCUT2D eigenvalue weighted by Crippen LogP contribution is -2.11. The van der Waals surface area contributed by atoms with E-state index in [-0.39, 0.29) is 11.8 Å². The Hall–Kier alpha value is -5.08. The van der Waals surface area contributed by atoms with E-state index in [9.17, 15) is 0 Å². The highest BCUT2D eigenvalue weighted by atomic mass is 14.8. The SMILES string of the molecule is Cc1cc(C)c([C@@H](C)c2cc(C)ccc2N=C2C(=Nc3ccc(C)cc3[C@H](C)c3c(C)cc(C)cc3C)c3cccc4cccc2c34)c(C)c1. The Bertz CT molecular complexity index is 2180. The summed E-state index contributed by atoms with van der Waals surface area (Å²) in [4.78, 5) is 11.2. The molecule has 0 unspecified atom stereocenters. The fourth-order valence-electron chi connectivity index (χ4n) is 8.76. The van der Waals surface area contributed by atoms with Crippen molar-refractivity contribution in [3.05, 3.63) is 175 Å². The van der Waals surface area contributed by atoms with Crippen LogP contribution >= 0.6 is 0 Å². The first kappa shape index (κ1) is 33.4. The van der Waals surface area contributed by atoms with Gasteiger partial charge in [0.2, 0.25) is 0 Å². The van der Waals surface area contributed by atoms with E-state index in [0.717, 1.165) is 33.9 Å². The highest BCUT2D eigenvalue weighted by Crippen LogP contribution is 2.41. The molecule has 6 aromatic rings. The highest BCUT2D eigenvalue weighted by molar-refractivity contribution is 6.61. The van der Waals surface area contributed by atoms with Crippen molar-refractivity contribution >= 4 is 33.6 Å². The van der Waals surface area contributed by atoms with E-state index < -0.39 is 0 Å². The van der Waals surface area contributed by atoms with Crippen LogP contribution in [-0.2, 0) is 0 Å². The molecule has 0 fully saturated rings. The fraction of sp³-hybridized carbons (Fsp3) is 0.250. The predicted octanol–water partition coefficient (Wildman–Crippen LogP) is 12.9. The molecule has 0 heterocycles. The summed E-state index contributed by atoms with van der Waals surface area (Å²) >= 11 is 0. The maximum Gasteiger partial charge on any atom is 0.0978 e. The number of hydrogen-bond donors (Lipinski definition) is 0. The van der Waals surface area contributed by atoms with Gasteiger partial charge in [-0.1, -0.05) is 121 Å². The third kappa shape index (κ3) is 5.92. The first-order valence-electron chi connectivity index (χ1n) is 18.0. The maximum absolute atomic E-state index is 5.61. The van der Waals surface area contributed by atoms with E-state index in [1.54, 1.807) is 0 Å². The Morgan fingerprint density at radius 1 is 0.420 bits per heavy atom. The van der Waals surface area contributed by atoms with Gasteiger partial charge in [0.1, 0.15) is 0 Å². The van der Waals surface area contributed by atoms with Gasteiger partial charge in [0.05, 0.1) is 22.8 Å². The van der Waals surface area contributed by atoms with Crippen molar-refractivity contribution in [3.63, 3.8) is 0 Å². The summed E-state index contributed by atoms with van der Waals surface area (Å²) < 4.78 is 0. The molecular weight excluding hydrogens is 605 g/mol. The Labute approximate surface area is 298 Å². The van der Waals surface area contributed by atoms with Crippen molar-refractivity contribution in [2.75, 3.05) is 0 Å². The smallest absolute Gasteiger partial charge is 0.0978 e. The molecule has 0 aliphatic heterocycles. The average molecular weight is 653 g/mol. The topological polar surface area (TPSA) is 24.7 Å². The van der Waals surface area contributed by atoms with E-state index in [1.165, 1.54) is 77.5 Å². The van der Waals surface area contributed by atoms with E-state index in [0.29, 0.717) is 0 Å². The Kier molecular flexibility index (Phi) is 8.68. The zero-order chi connectivity index (χ0) is 35.4. The van der Waals surface area contributed by atoms with Crippen LogP contribution < -0.4 is 0 Å². The molecule has 0 N–H and O–H groups in total. The lowest BCUT2D eigenvalue weighted by molar-refractivity contribution is 0.893. The number of aliphatic imine (C=N–C) groups is 2. The second-order valence-electron chi connectivity index (χ2n) is 14.8. The summed E-state index contributed by atoms with van der Waals surface area (Å²) in [7, 11) is 0. The van der Waals surface area contributed by atoms with Gasteiger partial charge in [0.25, 0.3) is 0 Å². The number of nitrogens with zero attached hydrogens (tertiary/aromatic N) is 2. The number of rotatable bonds is 6. The van der Waals surface area contributed by atoms with E-state index in [1.807, 2.05) is 0 Å². The van der Waals surface area contributed by atoms with Crippen LogP contribution in [0.4, 0.5) is 11.4 Å². The molecule has 250 valence electrons. The van der Waals surface area contributed by atoms with Crippen LogP contribution in [0.1, 0.15) is 104 Å². The molecule has 6 aromatic carbocycles. The van der Waals surface area contributed by atoms with Crippen molar-refractivity contribution in [1.29, 1.82) is 0 Å². The van der Waals surface area contributed by atoms with Gasteiger partial charge in [-0.2, -0.15) is 0 Å². The molecule has 2 nitrogen and oxygen atoms in total. The third-order valence-corrected chi connectivity index (χ3v) is 10.7. The van der Waals surface area contributed by atoms with Gasteiger partial charge in [-0.3, -0.25) is 0 Å². The van der Waals surface area contributed by atoms with Crippen LogP contribution in [0.3, 0.4) is 0 Å². The van der Waals surface area contributed by atoms with Gasteiger partial charge in [0.15, 0.2) is 0 Å². The predicted molar refractivity (Wildman–Crippen MR) is 215 cm³/mol. The maximum atomic E-state index is 5.61. The van der Waals surface area contributed by atoms with Crippen LogP contribution in [0.2, 0.25) is 0 Å². The fourth-order valence-corrected chi connectivity index (χ4v) is 8.76. The van der Waals surface area contributed by atoms with Crippen molar-refractivity contribution in [2.24, 2.45) is 9.98 Å². The Balaban J connectivity index is 1.45. The molecule has 0 amide bonds. The molecule has 2 atom stereocenters. The normalized spacial score (nSPS) is 15.3. The highest BCUT2D eigenvalue weighted by Gasteiger charge is 2.29. The van der Waals surface area contributed by atoms with Gasteiger partial charge < -0.3 is 0 Å². The number of aryl methyl sites for hydroxylation is 8. The molecule has 0 radical (unpaired) electrons. The second kappa shape index (κ2) is 13.0. The summed E-state index contributed by atoms with van der Waals surface area (Å²) in [5.41, 5.74) is 21.8. The van der Waals surface area contributed by atoms with Gasteiger partial charge in [0, 0.05) is 28.3 Å². The Morgan fingerprint density at radius 2 is 0.800 bits per heavy atom. The van der Waals surface area contributed by atoms with E-state index >= 15 is 0 Å². The monoisotopic (exact) mass is 652 g/mol. The first-order valence-corrected chi connectivity index (χ1v) is 18.0. The largest absolute Gasteiger partial charge is 0.246 e. The minimum absolute atomic E-state index is 0.181. The molecule has 1 aliphatic rings. The van der Waals surface area contributed by atoms with Crippen molar-refractivity contribution in [1.82, 2.24) is 0 Å². The standard InChI is InChI=1S/C48H48N2/c1-27-17-19-42(40(25-27)35(9)44-31(5)21-29(3)22-32(44)6)49-47-38-15-11-13-37-14-12-16-39(46(37)38)48(47)50-43-20-18-28(2)26-41(43)36(10)45-33(7)23-30(4)24-34(45)8/h11-26,35-36H,1-10H3/t35-,36-/m0/s1. The van der Waals surface area contributed by atoms with E-state index in [2.05, 4.69) is 166 Å². The second-order valence-corrected chi connectivity index (χ2v) is 14.8. The molecule has 0 saturated carbocycles. The van der Waals surface area contributed by atoms with Gasteiger partial charge in [-0.25, -0.2) is 9.98 Å². The molecule has 1 aliphatic carbocycles. The van der Waals surface area contributed by atoms with Crippen LogP contribution in [-0.4, -0.2) is 11.4 Å². The van der Waals surface area contributed by atoms with Crippen LogP contribution in [0.15, 0.2) is 107 Å². The summed E-state index contributed by atoms with van der Waals surface area (Å²) in [5, 5.41) is 2.44. The quantitative estimate of drug-likeness (QED) is 0.171. The lowest BCUT2D eigenvalue weighted by Gasteiger charge is -2.22. The van der Waals surface area contributed by atoms with Crippen LogP contribution in [0.25, 0.3) is 10.8 Å². The molecule has 0 aromatic heterocycles. The zero-order valence-corrected chi connectivity index (χ0v) is 31.3.